The van der Waals surface area contributed by atoms with Crippen LogP contribution in [0.25, 0.3) is 0 Å². The third kappa shape index (κ3) is 8.68. The number of hydroxylamine groups is 1. The molecule has 0 saturated heterocycles. The number of carboxylic acid groups (broad SMARTS) is 1. The first kappa shape index (κ1) is 15.9. The van der Waals surface area contributed by atoms with Crippen molar-refractivity contribution in [3.63, 3.8) is 0 Å². The predicted octanol–water partition coefficient (Wildman–Crippen LogP) is 1.97. The van der Waals surface area contributed by atoms with Crippen LogP contribution in [0.2, 0.25) is 0 Å². The summed E-state index contributed by atoms with van der Waals surface area (Å²) in [6.45, 7) is 9.27. The van der Waals surface area contributed by atoms with Crippen LogP contribution in [0.15, 0.2) is 0 Å². The molecule has 100 valence electrons. The Kier molecular flexibility index (Phi) is 6.16. The van der Waals surface area contributed by atoms with Crippen LogP contribution in [0.3, 0.4) is 0 Å². The van der Waals surface area contributed by atoms with Crippen molar-refractivity contribution in [2.75, 3.05) is 0 Å². The molecule has 1 amide bonds. The van der Waals surface area contributed by atoms with Gasteiger partial charge in [-0.25, -0.2) is 5.48 Å². The largest absolute Gasteiger partial charge is 0.481 e. The van der Waals surface area contributed by atoms with Crippen LogP contribution in [0.1, 0.15) is 47.5 Å². The number of carbonyl (C=O) groups excluding carboxylic acids is 1. The van der Waals surface area contributed by atoms with E-state index in [0.717, 1.165) is 0 Å². The van der Waals surface area contributed by atoms with Crippen molar-refractivity contribution in [3.05, 3.63) is 0 Å². The van der Waals surface area contributed by atoms with Crippen molar-refractivity contribution >= 4 is 11.9 Å². The third-order valence-electron chi connectivity index (χ3n) is 2.01. The molecule has 0 aliphatic heterocycles. The fraction of sp³-hybridized carbons (Fsp3) is 0.833. The molecule has 0 aromatic carbocycles. The highest BCUT2D eigenvalue weighted by Gasteiger charge is 2.23. The minimum absolute atomic E-state index is 0.0520. The Morgan fingerprint density at radius 1 is 1.29 bits per heavy atom. The third-order valence-corrected chi connectivity index (χ3v) is 2.01. The van der Waals surface area contributed by atoms with Gasteiger partial charge in [0.1, 0.15) is 0 Å². The molecule has 0 fully saturated rings. The maximum atomic E-state index is 11.5. The SMILES string of the molecule is CC(C)CC(CC(=O)NOC(C)(C)C)C(=O)O. The summed E-state index contributed by atoms with van der Waals surface area (Å²) in [4.78, 5) is 27.5. The monoisotopic (exact) mass is 245 g/mol. The summed E-state index contributed by atoms with van der Waals surface area (Å²) < 4.78 is 0. The van der Waals surface area contributed by atoms with Gasteiger partial charge in [0.05, 0.1) is 11.5 Å². The van der Waals surface area contributed by atoms with Gasteiger partial charge in [0.15, 0.2) is 0 Å². The second kappa shape index (κ2) is 6.59. The summed E-state index contributed by atoms with van der Waals surface area (Å²) in [5, 5.41) is 8.98. The molecule has 1 atom stereocenters. The standard InChI is InChI=1S/C12H23NO4/c1-8(2)6-9(11(15)16)7-10(14)13-17-12(3,4)5/h8-9H,6-7H2,1-5H3,(H,13,14)(H,15,16). The molecule has 0 aromatic heterocycles. The Balaban J connectivity index is 4.18. The Bertz CT molecular complexity index is 268. The van der Waals surface area contributed by atoms with Gasteiger partial charge in [-0.05, 0) is 33.1 Å². The van der Waals surface area contributed by atoms with Crippen LogP contribution in [0.5, 0.6) is 0 Å². The van der Waals surface area contributed by atoms with Gasteiger partial charge in [-0.1, -0.05) is 13.8 Å². The Labute approximate surface area is 102 Å². The van der Waals surface area contributed by atoms with Crippen LogP contribution in [-0.4, -0.2) is 22.6 Å². The lowest BCUT2D eigenvalue weighted by molar-refractivity contribution is -0.152. The molecule has 17 heavy (non-hydrogen) atoms. The Morgan fingerprint density at radius 3 is 2.18 bits per heavy atom. The van der Waals surface area contributed by atoms with Gasteiger partial charge in [-0.15, -0.1) is 0 Å². The summed E-state index contributed by atoms with van der Waals surface area (Å²) in [6, 6.07) is 0. The lowest BCUT2D eigenvalue weighted by Crippen LogP contribution is -2.35. The number of hydrogen-bond acceptors (Lipinski definition) is 3. The second-order valence-corrected chi connectivity index (χ2v) is 5.61. The zero-order valence-corrected chi connectivity index (χ0v) is 11.2. The van der Waals surface area contributed by atoms with Gasteiger partial charge in [-0.3, -0.25) is 14.4 Å². The summed E-state index contributed by atoms with van der Waals surface area (Å²) in [5.74, 6) is -1.75. The number of rotatable bonds is 6. The van der Waals surface area contributed by atoms with Gasteiger partial charge in [0.25, 0.3) is 0 Å². The topological polar surface area (TPSA) is 75.6 Å². The van der Waals surface area contributed by atoms with Crippen molar-refractivity contribution in [1.29, 1.82) is 0 Å². The molecule has 0 spiro atoms. The molecular weight excluding hydrogens is 222 g/mol. The number of amides is 1. The van der Waals surface area contributed by atoms with Gasteiger partial charge in [-0.2, -0.15) is 0 Å². The smallest absolute Gasteiger partial charge is 0.307 e. The van der Waals surface area contributed by atoms with E-state index in [1.807, 2.05) is 13.8 Å². The first-order chi connectivity index (χ1) is 7.61. The van der Waals surface area contributed by atoms with E-state index in [-0.39, 0.29) is 12.3 Å². The fourth-order valence-corrected chi connectivity index (χ4v) is 1.32. The minimum Gasteiger partial charge on any atom is -0.481 e. The summed E-state index contributed by atoms with van der Waals surface area (Å²) in [5.41, 5.74) is 1.80. The molecule has 0 aliphatic carbocycles. The number of carboxylic acids is 1. The summed E-state index contributed by atoms with van der Waals surface area (Å²) in [6.07, 6.45) is 0.432. The lowest BCUT2D eigenvalue weighted by Gasteiger charge is -2.20. The second-order valence-electron chi connectivity index (χ2n) is 5.61. The molecule has 0 radical (unpaired) electrons. The number of aliphatic carboxylic acids is 1. The van der Waals surface area contributed by atoms with Gasteiger partial charge >= 0.3 is 5.97 Å². The van der Waals surface area contributed by atoms with E-state index in [4.69, 9.17) is 9.94 Å². The highest BCUT2D eigenvalue weighted by atomic mass is 16.7. The molecule has 5 heteroatoms. The number of hydrogen-bond donors (Lipinski definition) is 2. The highest BCUT2D eigenvalue weighted by Crippen LogP contribution is 2.16. The molecule has 0 saturated carbocycles. The average molecular weight is 245 g/mol. The fourth-order valence-electron chi connectivity index (χ4n) is 1.32. The van der Waals surface area contributed by atoms with Crippen molar-refractivity contribution in [1.82, 2.24) is 5.48 Å². The Hall–Kier alpha value is -1.10. The number of carbonyl (C=O) groups is 2. The van der Waals surface area contributed by atoms with E-state index < -0.39 is 23.4 Å². The van der Waals surface area contributed by atoms with E-state index in [1.54, 1.807) is 20.8 Å². The van der Waals surface area contributed by atoms with Crippen molar-refractivity contribution < 1.29 is 19.5 Å². The minimum atomic E-state index is -0.940. The highest BCUT2D eigenvalue weighted by molar-refractivity contribution is 5.81. The van der Waals surface area contributed by atoms with Crippen molar-refractivity contribution in [2.45, 2.75) is 53.1 Å². The Morgan fingerprint density at radius 2 is 1.82 bits per heavy atom. The summed E-state index contributed by atoms with van der Waals surface area (Å²) >= 11 is 0. The molecule has 1 unspecified atom stereocenters. The van der Waals surface area contributed by atoms with Crippen molar-refractivity contribution in [2.24, 2.45) is 11.8 Å². The van der Waals surface area contributed by atoms with Gasteiger partial charge in [0.2, 0.25) is 5.91 Å². The first-order valence-electron chi connectivity index (χ1n) is 5.81. The van der Waals surface area contributed by atoms with Crippen LogP contribution in [0.4, 0.5) is 0 Å². The zero-order chi connectivity index (χ0) is 13.6. The van der Waals surface area contributed by atoms with Gasteiger partial charge < -0.3 is 5.11 Å². The van der Waals surface area contributed by atoms with E-state index in [2.05, 4.69) is 5.48 Å². The quantitative estimate of drug-likeness (QED) is 0.701. The lowest BCUT2D eigenvalue weighted by atomic mass is 9.94. The maximum absolute atomic E-state index is 11.5. The molecule has 0 heterocycles. The zero-order valence-electron chi connectivity index (χ0n) is 11.2. The van der Waals surface area contributed by atoms with E-state index in [9.17, 15) is 9.59 Å². The normalized spacial score (nSPS) is 13.5. The molecule has 0 aliphatic rings. The van der Waals surface area contributed by atoms with Crippen LogP contribution in [-0.2, 0) is 14.4 Å². The van der Waals surface area contributed by atoms with Gasteiger partial charge in [0, 0.05) is 6.42 Å². The molecular formula is C12H23NO4. The average Bonchev–Trinajstić information content (AvgIpc) is 2.11. The number of nitrogens with one attached hydrogen (secondary N) is 1. The molecule has 2 N–H and O–H groups in total. The molecule has 0 bridgehead atoms. The van der Waals surface area contributed by atoms with Crippen molar-refractivity contribution in [3.8, 4) is 0 Å². The first-order valence-corrected chi connectivity index (χ1v) is 5.81. The van der Waals surface area contributed by atoms with Crippen LogP contribution < -0.4 is 5.48 Å². The summed E-state index contributed by atoms with van der Waals surface area (Å²) in [7, 11) is 0. The van der Waals surface area contributed by atoms with E-state index in [0.29, 0.717) is 6.42 Å². The van der Waals surface area contributed by atoms with E-state index >= 15 is 0 Å². The molecule has 0 rings (SSSR count). The maximum Gasteiger partial charge on any atom is 0.307 e. The molecule has 5 nitrogen and oxygen atoms in total. The molecule has 0 aromatic rings. The van der Waals surface area contributed by atoms with Crippen LogP contribution in [0, 0.1) is 11.8 Å². The van der Waals surface area contributed by atoms with Crippen LogP contribution >= 0.6 is 0 Å². The van der Waals surface area contributed by atoms with E-state index in [1.165, 1.54) is 0 Å². The predicted molar refractivity (Wildman–Crippen MR) is 64.2 cm³/mol.